The van der Waals surface area contributed by atoms with Gasteiger partial charge in [0.2, 0.25) is 0 Å². The zero-order chi connectivity index (χ0) is 16.1. The molecule has 22 heavy (non-hydrogen) atoms. The highest BCUT2D eigenvalue weighted by molar-refractivity contribution is 8.00. The molecular formula is C14H15BO6S. The Morgan fingerprint density at radius 3 is 2.73 bits per heavy atom. The molecule has 0 bridgehead atoms. The molecule has 1 aromatic rings. The van der Waals surface area contributed by atoms with Crippen molar-refractivity contribution >= 4 is 31.5 Å². The number of benzene rings is 1. The number of ether oxygens (including phenoxy) is 3. The minimum atomic E-state index is -1.17. The van der Waals surface area contributed by atoms with E-state index in [9.17, 15) is 14.7 Å². The number of thioether (sulfide) groups is 1. The number of methoxy groups -OCH3 is 1. The molecular weight excluding hydrogens is 307 g/mol. The average molecular weight is 322 g/mol. The molecule has 4 atom stereocenters. The number of aliphatic hydroxyl groups is 1. The van der Waals surface area contributed by atoms with Crippen molar-refractivity contribution in [3.8, 4) is 0 Å². The molecule has 2 rings (SSSR count). The summed E-state index contributed by atoms with van der Waals surface area (Å²) in [4.78, 5) is 23.1. The zero-order valence-corrected chi connectivity index (χ0v) is 12.7. The third-order valence-corrected chi connectivity index (χ3v) is 4.41. The second kappa shape index (κ2) is 7.67. The first-order valence-corrected chi connectivity index (χ1v) is 7.53. The predicted molar refractivity (Wildman–Crippen MR) is 80.3 cm³/mol. The van der Waals surface area contributed by atoms with E-state index in [-0.39, 0.29) is 6.42 Å². The maximum atomic E-state index is 11.9. The molecule has 1 aromatic carbocycles. The Balaban J connectivity index is 1.89. The van der Waals surface area contributed by atoms with Crippen molar-refractivity contribution in [1.29, 1.82) is 0 Å². The number of carbonyl (C=O) groups is 2. The van der Waals surface area contributed by atoms with Crippen LogP contribution in [0.5, 0.6) is 0 Å². The van der Waals surface area contributed by atoms with Gasteiger partial charge in [-0.05, 0) is 12.1 Å². The summed E-state index contributed by atoms with van der Waals surface area (Å²) in [6.07, 6.45) is -1.19. The van der Waals surface area contributed by atoms with Gasteiger partial charge in [0.05, 0.1) is 30.3 Å². The van der Waals surface area contributed by atoms with Crippen molar-refractivity contribution < 1.29 is 28.9 Å². The second-order valence-corrected chi connectivity index (χ2v) is 5.93. The standard InChI is InChI=1S/C14H15BO6S/c1-19-10(16)7-9-13(18)21-14(22-9)11(15)20-12(17)8-5-3-2-4-6-8/h2-6,9,11,13-14,18H,7H2,1H3/t9?,11-,13?,14?/m1/s1. The van der Waals surface area contributed by atoms with Crippen molar-refractivity contribution in [2.24, 2.45) is 0 Å². The fourth-order valence-electron chi connectivity index (χ4n) is 1.87. The molecule has 2 radical (unpaired) electrons. The van der Waals surface area contributed by atoms with Gasteiger partial charge in [0.1, 0.15) is 13.3 Å². The van der Waals surface area contributed by atoms with Crippen molar-refractivity contribution in [3.05, 3.63) is 35.9 Å². The maximum absolute atomic E-state index is 11.9. The molecule has 0 saturated carbocycles. The summed E-state index contributed by atoms with van der Waals surface area (Å²) in [7, 11) is 7.05. The summed E-state index contributed by atoms with van der Waals surface area (Å²) in [6.45, 7) is 0. The van der Waals surface area contributed by atoms with Crippen LogP contribution in [0.4, 0.5) is 0 Å². The highest BCUT2D eigenvalue weighted by Gasteiger charge is 2.39. The second-order valence-electron chi connectivity index (χ2n) is 4.59. The lowest BCUT2D eigenvalue weighted by molar-refractivity contribution is -0.144. The van der Waals surface area contributed by atoms with Crippen LogP contribution >= 0.6 is 11.8 Å². The molecule has 6 nitrogen and oxygen atoms in total. The Labute approximate surface area is 133 Å². The van der Waals surface area contributed by atoms with Gasteiger partial charge in [-0.3, -0.25) is 4.79 Å². The van der Waals surface area contributed by atoms with Gasteiger partial charge in [0.25, 0.3) is 0 Å². The maximum Gasteiger partial charge on any atom is 0.337 e. The van der Waals surface area contributed by atoms with E-state index >= 15 is 0 Å². The van der Waals surface area contributed by atoms with Crippen LogP contribution in [0.2, 0.25) is 0 Å². The number of rotatable bonds is 5. The lowest BCUT2D eigenvalue weighted by Gasteiger charge is -2.19. The Bertz CT molecular complexity index is 525. The molecule has 1 aliphatic rings. The van der Waals surface area contributed by atoms with E-state index in [1.165, 1.54) is 7.11 Å². The molecule has 0 spiro atoms. The first-order valence-electron chi connectivity index (χ1n) is 6.58. The Morgan fingerprint density at radius 2 is 2.09 bits per heavy atom. The number of carbonyl (C=O) groups excluding carboxylic acids is 2. The molecule has 116 valence electrons. The molecule has 1 N–H and O–H groups in total. The summed E-state index contributed by atoms with van der Waals surface area (Å²) in [6, 6.07) is 7.34. The van der Waals surface area contributed by atoms with Gasteiger partial charge in [-0.2, -0.15) is 0 Å². The Morgan fingerprint density at radius 1 is 1.41 bits per heavy atom. The van der Waals surface area contributed by atoms with E-state index in [0.717, 1.165) is 11.8 Å². The fourth-order valence-corrected chi connectivity index (χ4v) is 3.03. The smallest absolute Gasteiger partial charge is 0.337 e. The summed E-state index contributed by atoms with van der Waals surface area (Å²) < 4.78 is 14.9. The first-order chi connectivity index (χ1) is 10.5. The summed E-state index contributed by atoms with van der Waals surface area (Å²) in [5.74, 6) is -1.04. The average Bonchev–Trinajstić information content (AvgIpc) is 2.89. The molecule has 1 saturated heterocycles. The van der Waals surface area contributed by atoms with Gasteiger partial charge >= 0.3 is 11.9 Å². The monoisotopic (exact) mass is 322 g/mol. The van der Waals surface area contributed by atoms with E-state index in [1.807, 2.05) is 0 Å². The van der Waals surface area contributed by atoms with Crippen molar-refractivity contribution in [3.63, 3.8) is 0 Å². The Hall–Kier alpha value is -1.51. The van der Waals surface area contributed by atoms with E-state index in [4.69, 9.17) is 17.3 Å². The molecule has 0 amide bonds. The molecule has 1 fully saturated rings. The fraction of sp³-hybridized carbons (Fsp3) is 0.429. The lowest BCUT2D eigenvalue weighted by atomic mass is 10.0. The highest BCUT2D eigenvalue weighted by Crippen LogP contribution is 2.36. The third kappa shape index (κ3) is 4.25. The van der Waals surface area contributed by atoms with Crippen LogP contribution in [-0.4, -0.2) is 55.0 Å². The highest BCUT2D eigenvalue weighted by atomic mass is 32.2. The molecule has 3 unspecified atom stereocenters. The first kappa shape index (κ1) is 16.9. The van der Waals surface area contributed by atoms with Gasteiger partial charge in [0, 0.05) is 0 Å². The van der Waals surface area contributed by atoms with Crippen LogP contribution in [0.1, 0.15) is 16.8 Å². The summed E-state index contributed by atoms with van der Waals surface area (Å²) in [5.41, 5.74) is -0.384. The quantitative estimate of drug-likeness (QED) is 0.630. The van der Waals surface area contributed by atoms with Crippen LogP contribution in [-0.2, 0) is 19.0 Å². The molecule has 0 aromatic heterocycles. The minimum Gasteiger partial charge on any atom is -0.469 e. The number of esters is 2. The molecule has 1 aliphatic heterocycles. The van der Waals surface area contributed by atoms with Crippen molar-refractivity contribution in [2.45, 2.75) is 29.4 Å². The lowest BCUT2D eigenvalue weighted by Crippen LogP contribution is -2.30. The van der Waals surface area contributed by atoms with Gasteiger partial charge in [-0.15, -0.1) is 11.8 Å². The number of hydrogen-bond acceptors (Lipinski definition) is 7. The SMILES string of the molecule is [B][C@H](OC(=O)c1ccccc1)C1OC(O)C(CC(=O)OC)S1. The van der Waals surface area contributed by atoms with Gasteiger partial charge < -0.3 is 19.3 Å². The van der Waals surface area contributed by atoms with E-state index in [1.54, 1.807) is 30.3 Å². The van der Waals surface area contributed by atoms with Crippen LogP contribution in [0.25, 0.3) is 0 Å². The van der Waals surface area contributed by atoms with Crippen LogP contribution in [0, 0.1) is 0 Å². The van der Waals surface area contributed by atoms with Crippen molar-refractivity contribution in [2.75, 3.05) is 7.11 Å². The Kier molecular flexibility index (Phi) is 5.87. The molecule has 0 aliphatic carbocycles. The topological polar surface area (TPSA) is 82.1 Å². The van der Waals surface area contributed by atoms with Gasteiger partial charge in [-0.1, -0.05) is 18.2 Å². The van der Waals surface area contributed by atoms with Gasteiger partial charge in [0.15, 0.2) is 6.29 Å². The summed E-state index contributed by atoms with van der Waals surface area (Å²) >= 11 is 1.13. The van der Waals surface area contributed by atoms with Crippen LogP contribution in [0.3, 0.4) is 0 Å². The zero-order valence-electron chi connectivity index (χ0n) is 11.9. The van der Waals surface area contributed by atoms with E-state index < -0.39 is 34.9 Å². The largest absolute Gasteiger partial charge is 0.469 e. The van der Waals surface area contributed by atoms with Crippen molar-refractivity contribution in [1.82, 2.24) is 0 Å². The predicted octanol–water partition coefficient (Wildman–Crippen LogP) is 0.678. The van der Waals surface area contributed by atoms with Gasteiger partial charge in [-0.25, -0.2) is 4.79 Å². The van der Waals surface area contributed by atoms with Crippen LogP contribution < -0.4 is 0 Å². The summed E-state index contributed by atoms with van der Waals surface area (Å²) in [5, 5.41) is 9.24. The van der Waals surface area contributed by atoms with E-state index in [2.05, 4.69) is 4.74 Å². The molecule has 8 heteroatoms. The number of hydrogen-bond donors (Lipinski definition) is 1. The number of aliphatic hydroxyl groups excluding tert-OH is 1. The van der Waals surface area contributed by atoms with E-state index in [0.29, 0.717) is 5.56 Å². The molecule has 1 heterocycles. The van der Waals surface area contributed by atoms with Crippen LogP contribution in [0.15, 0.2) is 30.3 Å². The minimum absolute atomic E-state index is 0.0157. The third-order valence-electron chi connectivity index (χ3n) is 3.02. The normalized spacial score (nSPS) is 25.5.